The van der Waals surface area contributed by atoms with Crippen LogP contribution in [0.1, 0.15) is 15.9 Å². The fraction of sp³-hybridized carbons (Fsp3) is 0.107. The zero-order valence-electron chi connectivity index (χ0n) is 19.3. The summed E-state index contributed by atoms with van der Waals surface area (Å²) in [6.45, 7) is -0.237. The van der Waals surface area contributed by atoms with Crippen LogP contribution in [0.4, 0.5) is 5.69 Å². The highest BCUT2D eigenvalue weighted by molar-refractivity contribution is 7.92. The Morgan fingerprint density at radius 3 is 2.50 bits per heavy atom. The topological polar surface area (TPSA) is 111 Å². The normalized spacial score (nSPS) is 12.5. The van der Waals surface area contributed by atoms with Gasteiger partial charge in [0.25, 0.3) is 15.9 Å². The molecule has 0 saturated carbocycles. The largest absolute Gasteiger partial charge is 0.394 e. The quantitative estimate of drug-likeness (QED) is 0.253. The van der Waals surface area contributed by atoms with Gasteiger partial charge in [-0.1, -0.05) is 54.6 Å². The van der Waals surface area contributed by atoms with Crippen molar-refractivity contribution < 1.29 is 18.3 Å². The lowest BCUT2D eigenvalue weighted by Gasteiger charge is -2.17. The van der Waals surface area contributed by atoms with Crippen molar-refractivity contribution in [1.29, 1.82) is 0 Å². The molecule has 1 amide bonds. The van der Waals surface area contributed by atoms with E-state index in [1.807, 2.05) is 54.7 Å². The Labute approximate surface area is 208 Å². The van der Waals surface area contributed by atoms with E-state index in [4.69, 9.17) is 0 Å². The lowest BCUT2D eigenvalue weighted by Crippen LogP contribution is -2.39. The first kappa shape index (κ1) is 23.6. The van der Waals surface area contributed by atoms with Gasteiger partial charge in [-0.05, 0) is 59.2 Å². The van der Waals surface area contributed by atoms with Crippen LogP contribution >= 0.6 is 0 Å². The van der Waals surface area contributed by atoms with Crippen molar-refractivity contribution in [1.82, 2.24) is 10.3 Å². The average Bonchev–Trinajstić information content (AvgIpc) is 3.30. The number of aromatic amines is 1. The monoisotopic (exact) mass is 499 g/mol. The maximum Gasteiger partial charge on any atom is 0.261 e. The molecule has 5 rings (SSSR count). The van der Waals surface area contributed by atoms with Gasteiger partial charge in [0.05, 0.1) is 17.5 Å². The number of aliphatic hydroxyl groups is 1. The molecule has 7 nitrogen and oxygen atoms in total. The summed E-state index contributed by atoms with van der Waals surface area (Å²) in [5, 5.41) is 15.5. The molecule has 182 valence electrons. The molecule has 0 bridgehead atoms. The summed E-state index contributed by atoms with van der Waals surface area (Å²) in [5.74, 6) is -0.402. The summed E-state index contributed by atoms with van der Waals surface area (Å²) >= 11 is 0. The molecule has 0 aliphatic heterocycles. The van der Waals surface area contributed by atoms with Crippen LogP contribution in [0.25, 0.3) is 21.7 Å². The molecular weight excluding hydrogens is 474 g/mol. The molecule has 0 saturated heterocycles. The fourth-order valence-corrected chi connectivity index (χ4v) is 5.35. The van der Waals surface area contributed by atoms with Crippen molar-refractivity contribution in [3.05, 3.63) is 108 Å². The van der Waals surface area contributed by atoms with Gasteiger partial charge in [0, 0.05) is 28.4 Å². The minimum atomic E-state index is -3.86. The zero-order chi connectivity index (χ0) is 25.1. The highest BCUT2D eigenvalue weighted by Gasteiger charge is 2.18. The number of sulfonamides is 1. The first-order chi connectivity index (χ1) is 17.4. The second-order valence-corrected chi connectivity index (χ2v) is 10.3. The highest BCUT2D eigenvalue weighted by atomic mass is 32.2. The SMILES string of the molecule is O=C(NC(CO)Cc1c[nH]c2ccccc12)c1cccc(NS(=O)(=O)c2ccc3ccccc3c2)c1. The Hall–Kier alpha value is -4.14. The van der Waals surface area contributed by atoms with E-state index in [-0.39, 0.29) is 22.8 Å². The standard InChI is InChI=1S/C28H25N3O4S/c32-18-24(15-22-17-29-27-11-4-3-10-26(22)27)30-28(33)21-8-5-9-23(14-21)31-36(34,35)25-13-12-19-6-1-2-7-20(19)16-25/h1-14,16-17,24,29,31-32H,15,18H2,(H,30,33). The van der Waals surface area contributed by atoms with Gasteiger partial charge in [-0.15, -0.1) is 0 Å². The molecule has 1 atom stereocenters. The molecule has 5 aromatic rings. The maximum absolute atomic E-state index is 13.0. The molecule has 8 heteroatoms. The second kappa shape index (κ2) is 9.85. The van der Waals surface area contributed by atoms with Crippen LogP contribution in [-0.4, -0.2) is 37.1 Å². The van der Waals surface area contributed by atoms with Crippen LogP contribution in [-0.2, 0) is 16.4 Å². The molecule has 36 heavy (non-hydrogen) atoms. The van der Waals surface area contributed by atoms with Gasteiger partial charge in [-0.25, -0.2) is 8.42 Å². The van der Waals surface area contributed by atoms with Crippen LogP contribution in [0, 0.1) is 0 Å². The first-order valence-electron chi connectivity index (χ1n) is 11.5. The lowest BCUT2D eigenvalue weighted by atomic mass is 10.0. The van der Waals surface area contributed by atoms with E-state index < -0.39 is 22.0 Å². The van der Waals surface area contributed by atoms with E-state index in [0.29, 0.717) is 6.42 Å². The average molecular weight is 500 g/mol. The highest BCUT2D eigenvalue weighted by Crippen LogP contribution is 2.23. The van der Waals surface area contributed by atoms with E-state index in [2.05, 4.69) is 15.0 Å². The number of hydrogen-bond donors (Lipinski definition) is 4. The predicted molar refractivity (Wildman–Crippen MR) is 142 cm³/mol. The predicted octanol–water partition coefficient (Wildman–Crippen LogP) is 4.46. The molecule has 0 spiro atoms. The van der Waals surface area contributed by atoms with Gasteiger partial charge in [0.2, 0.25) is 0 Å². The first-order valence-corrected chi connectivity index (χ1v) is 13.0. The summed E-state index contributed by atoms with van der Waals surface area (Å²) in [6.07, 6.45) is 2.32. The smallest absolute Gasteiger partial charge is 0.261 e. The Balaban J connectivity index is 1.31. The molecule has 1 unspecified atom stereocenters. The van der Waals surface area contributed by atoms with Crippen molar-refractivity contribution in [3.63, 3.8) is 0 Å². The number of anilines is 1. The van der Waals surface area contributed by atoms with Gasteiger partial charge < -0.3 is 15.4 Å². The third kappa shape index (κ3) is 4.95. The van der Waals surface area contributed by atoms with Crippen LogP contribution < -0.4 is 10.0 Å². The molecule has 4 aromatic carbocycles. The van der Waals surface area contributed by atoms with Crippen LogP contribution in [0.2, 0.25) is 0 Å². The van der Waals surface area contributed by atoms with E-state index in [9.17, 15) is 18.3 Å². The van der Waals surface area contributed by atoms with Crippen molar-refractivity contribution in [2.75, 3.05) is 11.3 Å². The Kier molecular flexibility index (Phi) is 6.45. The summed E-state index contributed by atoms with van der Waals surface area (Å²) in [7, 11) is -3.86. The van der Waals surface area contributed by atoms with Gasteiger partial charge >= 0.3 is 0 Å². The van der Waals surface area contributed by atoms with Gasteiger partial charge in [0.1, 0.15) is 0 Å². The molecule has 0 aliphatic carbocycles. The zero-order valence-corrected chi connectivity index (χ0v) is 20.1. The third-order valence-electron chi connectivity index (χ3n) is 6.11. The number of para-hydroxylation sites is 1. The second-order valence-electron chi connectivity index (χ2n) is 8.61. The summed E-state index contributed by atoms with van der Waals surface area (Å²) in [6, 6.07) is 26.1. The number of aromatic nitrogens is 1. The van der Waals surface area contributed by atoms with E-state index >= 15 is 0 Å². The molecule has 1 heterocycles. The number of aliphatic hydroxyl groups excluding tert-OH is 1. The fourth-order valence-electron chi connectivity index (χ4n) is 4.27. The summed E-state index contributed by atoms with van der Waals surface area (Å²) in [5.41, 5.74) is 2.53. The molecular formula is C28H25N3O4S. The minimum Gasteiger partial charge on any atom is -0.394 e. The number of fused-ring (bicyclic) bond motifs is 2. The Bertz CT molecular complexity index is 1660. The number of carbonyl (C=O) groups excluding carboxylic acids is 1. The maximum atomic E-state index is 13.0. The van der Waals surface area contributed by atoms with Crippen molar-refractivity contribution in [2.24, 2.45) is 0 Å². The molecule has 4 N–H and O–H groups in total. The number of H-pyrrole nitrogens is 1. The number of rotatable bonds is 8. The van der Waals surface area contributed by atoms with Crippen LogP contribution in [0.3, 0.4) is 0 Å². The lowest BCUT2D eigenvalue weighted by molar-refractivity contribution is 0.0916. The molecule has 1 aromatic heterocycles. The van der Waals surface area contributed by atoms with Crippen molar-refractivity contribution in [2.45, 2.75) is 17.4 Å². The van der Waals surface area contributed by atoms with Gasteiger partial charge in [-0.2, -0.15) is 0 Å². The van der Waals surface area contributed by atoms with Crippen LogP contribution in [0.15, 0.2) is 102 Å². The van der Waals surface area contributed by atoms with E-state index in [0.717, 1.165) is 27.2 Å². The van der Waals surface area contributed by atoms with Crippen LogP contribution in [0.5, 0.6) is 0 Å². The number of amides is 1. The Morgan fingerprint density at radius 2 is 1.67 bits per heavy atom. The van der Waals surface area contributed by atoms with E-state index in [1.165, 1.54) is 6.07 Å². The Morgan fingerprint density at radius 1 is 0.889 bits per heavy atom. The minimum absolute atomic E-state index is 0.134. The van der Waals surface area contributed by atoms with Gasteiger partial charge in [0.15, 0.2) is 0 Å². The molecule has 0 fully saturated rings. The van der Waals surface area contributed by atoms with Crippen molar-refractivity contribution in [3.8, 4) is 0 Å². The van der Waals surface area contributed by atoms with Crippen molar-refractivity contribution >= 4 is 43.3 Å². The molecule has 0 aliphatic rings. The summed E-state index contributed by atoms with van der Waals surface area (Å²) in [4.78, 5) is 16.3. The number of carbonyl (C=O) groups is 1. The van der Waals surface area contributed by atoms with Gasteiger partial charge in [-0.3, -0.25) is 9.52 Å². The number of nitrogens with one attached hydrogen (secondary N) is 3. The third-order valence-corrected chi connectivity index (χ3v) is 7.48. The molecule has 0 radical (unpaired) electrons. The van der Waals surface area contributed by atoms with E-state index in [1.54, 1.807) is 36.4 Å². The number of benzene rings is 4. The number of hydrogen-bond acceptors (Lipinski definition) is 4. The summed E-state index contributed by atoms with van der Waals surface area (Å²) < 4.78 is 28.5.